The Labute approximate surface area is 140 Å². The molecule has 0 amide bonds. The first-order valence-corrected chi connectivity index (χ1v) is 9.58. The summed E-state index contributed by atoms with van der Waals surface area (Å²) in [4.78, 5) is 4.46. The van der Waals surface area contributed by atoms with E-state index in [1.807, 2.05) is 0 Å². The van der Waals surface area contributed by atoms with Crippen molar-refractivity contribution in [2.24, 2.45) is 5.73 Å². The molecule has 0 spiro atoms. The summed E-state index contributed by atoms with van der Waals surface area (Å²) in [6.07, 6.45) is 4.44. The van der Waals surface area contributed by atoms with Gasteiger partial charge in [0.25, 0.3) is 5.89 Å². The van der Waals surface area contributed by atoms with Crippen LogP contribution in [0.25, 0.3) is 11.7 Å². The van der Waals surface area contributed by atoms with Gasteiger partial charge in [-0.05, 0) is 39.0 Å². The number of hydrogen-bond donors (Lipinski definition) is 1. The summed E-state index contributed by atoms with van der Waals surface area (Å²) in [5, 5.41) is 3.93. The van der Waals surface area contributed by atoms with E-state index in [0.717, 1.165) is 32.1 Å². The molecular weight excluding hydrogens is 332 g/mol. The third kappa shape index (κ3) is 2.38. The van der Waals surface area contributed by atoms with Gasteiger partial charge in [-0.1, -0.05) is 5.16 Å². The molecule has 130 valence electrons. The molecule has 1 aliphatic heterocycles. The predicted molar refractivity (Wildman–Crippen MR) is 84.4 cm³/mol. The molecule has 2 aliphatic rings. The lowest BCUT2D eigenvalue weighted by molar-refractivity contribution is 0.229. The van der Waals surface area contributed by atoms with E-state index in [9.17, 15) is 8.42 Å². The lowest BCUT2D eigenvalue weighted by Gasteiger charge is -2.34. The van der Waals surface area contributed by atoms with Gasteiger partial charge in [0.05, 0.1) is 5.54 Å². The van der Waals surface area contributed by atoms with E-state index >= 15 is 0 Å². The van der Waals surface area contributed by atoms with Gasteiger partial charge in [0, 0.05) is 19.2 Å². The minimum Gasteiger partial charge on any atom is -0.455 e. The van der Waals surface area contributed by atoms with E-state index in [0.29, 0.717) is 24.7 Å². The molecule has 9 heteroatoms. The van der Waals surface area contributed by atoms with Crippen LogP contribution in [0.5, 0.6) is 0 Å². The third-order valence-corrected chi connectivity index (χ3v) is 6.89. The lowest BCUT2D eigenvalue weighted by Crippen LogP contribution is -2.44. The summed E-state index contributed by atoms with van der Waals surface area (Å²) in [7, 11) is -3.55. The molecule has 1 aliphatic carbocycles. The Kier molecular flexibility index (Phi) is 3.55. The van der Waals surface area contributed by atoms with Gasteiger partial charge in [-0.15, -0.1) is 0 Å². The minimum atomic E-state index is -3.55. The van der Waals surface area contributed by atoms with Crippen molar-refractivity contribution < 1.29 is 17.4 Å². The summed E-state index contributed by atoms with van der Waals surface area (Å²) in [5.74, 6) is 1.18. The van der Waals surface area contributed by atoms with Gasteiger partial charge in [-0.3, -0.25) is 0 Å². The molecule has 8 nitrogen and oxygen atoms in total. The highest BCUT2D eigenvalue weighted by molar-refractivity contribution is 7.89. The zero-order chi connectivity index (χ0) is 16.9. The largest absolute Gasteiger partial charge is 0.455 e. The summed E-state index contributed by atoms with van der Waals surface area (Å²) < 4.78 is 37.7. The van der Waals surface area contributed by atoms with Gasteiger partial charge >= 0.3 is 0 Å². The molecule has 2 fully saturated rings. The van der Waals surface area contributed by atoms with E-state index in [2.05, 4.69) is 10.1 Å². The number of aromatic nitrogens is 2. The number of hydrogen-bond acceptors (Lipinski definition) is 7. The van der Waals surface area contributed by atoms with E-state index in [1.54, 1.807) is 6.92 Å². The van der Waals surface area contributed by atoms with Crippen LogP contribution in [0.4, 0.5) is 0 Å². The van der Waals surface area contributed by atoms with Gasteiger partial charge < -0.3 is 14.7 Å². The summed E-state index contributed by atoms with van der Waals surface area (Å²) in [5.41, 5.74) is 5.65. The van der Waals surface area contributed by atoms with Crippen LogP contribution in [-0.2, 0) is 15.6 Å². The standard InChI is InChI=1S/C15H20N4O4S/c1-10-12(24(20,21)19-7-2-3-8-19)9-11(22-10)13-17-14(18-23-13)15(16)5-4-6-15/h9H,2-8,16H2,1H3. The highest BCUT2D eigenvalue weighted by Gasteiger charge is 2.39. The van der Waals surface area contributed by atoms with Crippen molar-refractivity contribution in [3.05, 3.63) is 17.7 Å². The van der Waals surface area contributed by atoms with E-state index in [4.69, 9.17) is 14.7 Å². The number of nitrogens with two attached hydrogens (primary N) is 1. The molecule has 4 rings (SSSR count). The average Bonchev–Trinajstić information content (AvgIpc) is 3.24. The fraction of sp³-hybridized carbons (Fsp3) is 0.600. The zero-order valence-electron chi connectivity index (χ0n) is 13.5. The lowest BCUT2D eigenvalue weighted by atomic mass is 9.77. The summed E-state index contributed by atoms with van der Waals surface area (Å²) >= 11 is 0. The van der Waals surface area contributed by atoms with Crippen LogP contribution >= 0.6 is 0 Å². The average molecular weight is 352 g/mol. The minimum absolute atomic E-state index is 0.158. The number of nitrogens with zero attached hydrogens (tertiary/aromatic N) is 3. The second-order valence-corrected chi connectivity index (χ2v) is 8.48. The van der Waals surface area contributed by atoms with Crippen molar-refractivity contribution in [1.29, 1.82) is 0 Å². The Morgan fingerprint density at radius 1 is 1.25 bits per heavy atom. The maximum Gasteiger partial charge on any atom is 0.293 e. The molecule has 0 bridgehead atoms. The van der Waals surface area contributed by atoms with E-state index in [1.165, 1.54) is 10.4 Å². The van der Waals surface area contributed by atoms with Crippen LogP contribution in [0.1, 0.15) is 43.7 Å². The van der Waals surface area contributed by atoms with Crippen LogP contribution < -0.4 is 5.73 Å². The molecule has 1 saturated heterocycles. The topological polar surface area (TPSA) is 115 Å². The summed E-state index contributed by atoms with van der Waals surface area (Å²) in [6.45, 7) is 2.71. The molecule has 0 radical (unpaired) electrons. The van der Waals surface area contributed by atoms with Gasteiger partial charge in [0.2, 0.25) is 10.0 Å². The molecule has 2 aromatic rings. The Balaban J connectivity index is 1.66. The highest BCUT2D eigenvalue weighted by atomic mass is 32.2. The molecule has 1 saturated carbocycles. The first kappa shape index (κ1) is 15.8. The van der Waals surface area contributed by atoms with Crippen molar-refractivity contribution >= 4 is 10.0 Å². The molecule has 24 heavy (non-hydrogen) atoms. The molecule has 2 N–H and O–H groups in total. The third-order valence-electron chi connectivity index (χ3n) is 4.88. The second-order valence-electron chi connectivity index (χ2n) is 6.58. The van der Waals surface area contributed by atoms with Crippen molar-refractivity contribution in [3.63, 3.8) is 0 Å². The maximum absolute atomic E-state index is 12.7. The Bertz CT molecular complexity index is 860. The smallest absolute Gasteiger partial charge is 0.293 e. The zero-order valence-corrected chi connectivity index (χ0v) is 14.3. The SMILES string of the molecule is Cc1oc(-c2nc(C3(N)CCC3)no2)cc1S(=O)(=O)N1CCCC1. The normalized spacial score (nSPS) is 21.1. The van der Waals surface area contributed by atoms with Crippen LogP contribution in [0, 0.1) is 6.92 Å². The summed E-state index contributed by atoms with van der Waals surface area (Å²) in [6, 6.07) is 1.46. The molecule has 0 atom stereocenters. The van der Waals surface area contributed by atoms with Crippen molar-refractivity contribution in [2.75, 3.05) is 13.1 Å². The van der Waals surface area contributed by atoms with Crippen LogP contribution in [0.15, 0.2) is 19.9 Å². The fourth-order valence-corrected chi connectivity index (χ4v) is 4.88. The first-order valence-electron chi connectivity index (χ1n) is 8.14. The number of rotatable bonds is 4. The molecule has 0 aromatic carbocycles. The van der Waals surface area contributed by atoms with Gasteiger partial charge in [-0.25, -0.2) is 8.42 Å². The Morgan fingerprint density at radius 3 is 2.58 bits per heavy atom. The molecule has 3 heterocycles. The van der Waals surface area contributed by atoms with E-state index in [-0.39, 0.29) is 16.5 Å². The second kappa shape index (κ2) is 5.40. The first-order chi connectivity index (χ1) is 11.4. The maximum atomic E-state index is 12.7. The Morgan fingerprint density at radius 2 is 1.96 bits per heavy atom. The monoisotopic (exact) mass is 352 g/mol. The predicted octanol–water partition coefficient (Wildman–Crippen LogP) is 1.76. The van der Waals surface area contributed by atoms with Crippen molar-refractivity contribution in [2.45, 2.75) is 49.5 Å². The van der Waals surface area contributed by atoms with E-state index < -0.39 is 15.6 Å². The van der Waals surface area contributed by atoms with Crippen LogP contribution in [0.2, 0.25) is 0 Å². The highest BCUT2D eigenvalue weighted by Crippen LogP contribution is 2.38. The van der Waals surface area contributed by atoms with Crippen molar-refractivity contribution in [1.82, 2.24) is 14.4 Å². The van der Waals surface area contributed by atoms with Gasteiger partial charge in [0.1, 0.15) is 10.7 Å². The Hall–Kier alpha value is -1.71. The number of sulfonamides is 1. The number of furan rings is 1. The van der Waals surface area contributed by atoms with Gasteiger partial charge in [0.15, 0.2) is 11.6 Å². The van der Waals surface area contributed by atoms with Crippen LogP contribution in [0.3, 0.4) is 0 Å². The van der Waals surface area contributed by atoms with Crippen LogP contribution in [-0.4, -0.2) is 36.0 Å². The van der Waals surface area contributed by atoms with Crippen molar-refractivity contribution in [3.8, 4) is 11.7 Å². The van der Waals surface area contributed by atoms with Gasteiger partial charge in [-0.2, -0.15) is 9.29 Å². The molecule has 0 unspecified atom stereocenters. The number of aryl methyl sites for hydroxylation is 1. The molecular formula is C15H20N4O4S. The quantitative estimate of drug-likeness (QED) is 0.891. The molecule has 2 aromatic heterocycles. The fourth-order valence-electron chi connectivity index (χ4n) is 3.20.